The maximum atomic E-state index is 13.1. The van der Waals surface area contributed by atoms with E-state index >= 15 is 0 Å². The Labute approximate surface area is 123 Å². The van der Waals surface area contributed by atoms with Crippen LogP contribution >= 0.6 is 0 Å². The van der Waals surface area contributed by atoms with E-state index in [0.717, 1.165) is 17.9 Å². The van der Waals surface area contributed by atoms with E-state index in [1.165, 1.54) is 6.07 Å². The average molecular weight is 312 g/mol. The second kappa shape index (κ2) is 6.28. The normalized spacial score (nSPS) is 13.2. The van der Waals surface area contributed by atoms with Crippen LogP contribution in [0.2, 0.25) is 0 Å². The van der Waals surface area contributed by atoms with Gasteiger partial charge in [0, 0.05) is 12.5 Å². The first-order valence-electron chi connectivity index (χ1n) is 6.48. The van der Waals surface area contributed by atoms with Crippen LogP contribution in [0.1, 0.15) is 19.1 Å². The summed E-state index contributed by atoms with van der Waals surface area (Å²) in [5.41, 5.74) is 5.20. The van der Waals surface area contributed by atoms with Gasteiger partial charge in [0.1, 0.15) is 11.6 Å². The van der Waals surface area contributed by atoms with E-state index in [-0.39, 0.29) is 16.6 Å². The minimum Gasteiger partial charge on any atom is -0.469 e. The summed E-state index contributed by atoms with van der Waals surface area (Å²) in [4.78, 5) is -0.0498. The van der Waals surface area contributed by atoms with Crippen LogP contribution in [-0.2, 0) is 16.4 Å². The van der Waals surface area contributed by atoms with Crippen molar-refractivity contribution in [3.8, 4) is 0 Å². The van der Waals surface area contributed by atoms with Crippen molar-refractivity contribution in [2.45, 2.75) is 30.7 Å². The number of hydrogen-bond donors (Lipinski definition) is 2. The molecule has 114 valence electrons. The fraction of sp³-hybridized carbons (Fsp3) is 0.286. The Kier molecular flexibility index (Phi) is 4.64. The number of sulfonamides is 1. The second-order valence-corrected chi connectivity index (χ2v) is 6.54. The second-order valence-electron chi connectivity index (χ2n) is 4.82. The molecule has 2 aromatic rings. The summed E-state index contributed by atoms with van der Waals surface area (Å²) >= 11 is 0. The minimum absolute atomic E-state index is 0.0498. The standard InChI is InChI=1S/C14H17FN2O3S/c1-10(4-5-11-3-2-8-20-11)17-21(18,19)12-6-7-13(15)14(16)9-12/h2-3,6-10,17H,4-5,16H2,1H3. The molecule has 0 amide bonds. The number of nitrogens with one attached hydrogen (secondary N) is 1. The van der Waals surface area contributed by atoms with Gasteiger partial charge in [-0.25, -0.2) is 17.5 Å². The molecule has 0 saturated heterocycles. The Hall–Kier alpha value is -1.86. The summed E-state index contributed by atoms with van der Waals surface area (Å²) in [6.45, 7) is 1.76. The maximum absolute atomic E-state index is 13.1. The predicted octanol–water partition coefficient (Wildman–Crippen LogP) is 2.30. The fourth-order valence-electron chi connectivity index (χ4n) is 1.89. The van der Waals surface area contributed by atoms with Gasteiger partial charge in [0.25, 0.3) is 0 Å². The molecule has 0 aliphatic rings. The van der Waals surface area contributed by atoms with Crippen LogP contribution in [0.5, 0.6) is 0 Å². The highest BCUT2D eigenvalue weighted by Crippen LogP contribution is 2.17. The van der Waals surface area contributed by atoms with E-state index in [0.29, 0.717) is 12.8 Å². The summed E-state index contributed by atoms with van der Waals surface area (Å²) in [6.07, 6.45) is 2.79. The van der Waals surface area contributed by atoms with E-state index in [4.69, 9.17) is 10.2 Å². The Bertz CT molecular complexity index is 699. The van der Waals surface area contributed by atoms with Crippen LogP contribution in [-0.4, -0.2) is 14.5 Å². The van der Waals surface area contributed by atoms with Gasteiger partial charge in [-0.05, 0) is 43.7 Å². The number of nitrogens with two attached hydrogens (primary N) is 1. The van der Waals surface area contributed by atoms with Gasteiger partial charge in [0.15, 0.2) is 0 Å². The zero-order valence-electron chi connectivity index (χ0n) is 11.5. The predicted molar refractivity (Wildman–Crippen MR) is 77.6 cm³/mol. The number of anilines is 1. The molecular weight excluding hydrogens is 295 g/mol. The molecule has 3 N–H and O–H groups in total. The van der Waals surface area contributed by atoms with E-state index in [1.807, 2.05) is 6.07 Å². The molecule has 0 aliphatic carbocycles. The van der Waals surface area contributed by atoms with Crippen molar-refractivity contribution in [3.05, 3.63) is 48.2 Å². The highest BCUT2D eigenvalue weighted by Gasteiger charge is 2.18. The van der Waals surface area contributed by atoms with Crippen molar-refractivity contribution < 1.29 is 17.2 Å². The van der Waals surface area contributed by atoms with Crippen molar-refractivity contribution >= 4 is 15.7 Å². The van der Waals surface area contributed by atoms with Gasteiger partial charge < -0.3 is 10.2 Å². The molecule has 0 saturated carbocycles. The molecule has 1 aromatic heterocycles. The third-order valence-electron chi connectivity index (χ3n) is 3.04. The van der Waals surface area contributed by atoms with Crippen molar-refractivity contribution in [2.75, 3.05) is 5.73 Å². The molecule has 0 spiro atoms. The molecule has 0 fully saturated rings. The molecule has 1 atom stereocenters. The highest BCUT2D eigenvalue weighted by atomic mass is 32.2. The van der Waals surface area contributed by atoms with E-state index < -0.39 is 15.8 Å². The first-order chi connectivity index (χ1) is 9.88. The largest absolute Gasteiger partial charge is 0.469 e. The van der Waals surface area contributed by atoms with Gasteiger partial charge in [-0.2, -0.15) is 0 Å². The zero-order valence-corrected chi connectivity index (χ0v) is 12.4. The summed E-state index contributed by atoms with van der Waals surface area (Å²) < 4.78 is 45.1. The van der Waals surface area contributed by atoms with Crippen LogP contribution in [0.3, 0.4) is 0 Å². The third-order valence-corrected chi connectivity index (χ3v) is 4.63. The lowest BCUT2D eigenvalue weighted by Crippen LogP contribution is -2.33. The summed E-state index contributed by atoms with van der Waals surface area (Å²) in [6, 6.07) is 6.67. The van der Waals surface area contributed by atoms with Crippen LogP contribution in [0.15, 0.2) is 45.9 Å². The molecule has 1 aromatic carbocycles. The number of aryl methyl sites for hydroxylation is 1. The number of halogens is 1. The summed E-state index contributed by atoms with van der Waals surface area (Å²) in [7, 11) is -3.72. The maximum Gasteiger partial charge on any atom is 0.240 e. The van der Waals surface area contributed by atoms with Gasteiger partial charge in [-0.1, -0.05) is 0 Å². The highest BCUT2D eigenvalue weighted by molar-refractivity contribution is 7.89. The Morgan fingerprint density at radius 3 is 2.76 bits per heavy atom. The molecule has 0 radical (unpaired) electrons. The van der Waals surface area contributed by atoms with Crippen LogP contribution < -0.4 is 10.5 Å². The van der Waals surface area contributed by atoms with Gasteiger partial charge >= 0.3 is 0 Å². The monoisotopic (exact) mass is 312 g/mol. The number of nitrogen functional groups attached to an aromatic ring is 1. The number of benzene rings is 1. The molecule has 21 heavy (non-hydrogen) atoms. The fourth-order valence-corrected chi connectivity index (χ4v) is 3.21. The van der Waals surface area contributed by atoms with Crippen LogP contribution in [0.25, 0.3) is 0 Å². The minimum atomic E-state index is -3.72. The number of hydrogen-bond acceptors (Lipinski definition) is 4. The van der Waals surface area contributed by atoms with E-state index in [2.05, 4.69) is 4.72 Å². The summed E-state index contributed by atoms with van der Waals surface area (Å²) in [5, 5.41) is 0. The molecule has 0 bridgehead atoms. The van der Waals surface area contributed by atoms with E-state index in [1.54, 1.807) is 19.3 Å². The van der Waals surface area contributed by atoms with Crippen LogP contribution in [0, 0.1) is 5.82 Å². The SMILES string of the molecule is CC(CCc1ccco1)NS(=O)(=O)c1ccc(F)c(N)c1. The van der Waals surface area contributed by atoms with E-state index in [9.17, 15) is 12.8 Å². The van der Waals surface area contributed by atoms with Gasteiger partial charge in [-0.15, -0.1) is 0 Å². The topological polar surface area (TPSA) is 85.3 Å². The molecule has 1 unspecified atom stereocenters. The van der Waals surface area contributed by atoms with Gasteiger partial charge in [0.05, 0.1) is 16.8 Å². The Morgan fingerprint density at radius 1 is 1.38 bits per heavy atom. The summed E-state index contributed by atoms with van der Waals surface area (Å²) in [5.74, 6) is 0.159. The molecule has 2 rings (SSSR count). The molecule has 1 heterocycles. The Balaban J connectivity index is 2.01. The molecule has 0 aliphatic heterocycles. The quantitative estimate of drug-likeness (QED) is 0.801. The smallest absolute Gasteiger partial charge is 0.240 e. The lowest BCUT2D eigenvalue weighted by Gasteiger charge is -2.14. The van der Waals surface area contributed by atoms with Crippen molar-refractivity contribution in [1.29, 1.82) is 0 Å². The zero-order chi connectivity index (χ0) is 15.5. The van der Waals surface area contributed by atoms with Gasteiger partial charge in [0.2, 0.25) is 10.0 Å². The lowest BCUT2D eigenvalue weighted by molar-refractivity contribution is 0.480. The lowest BCUT2D eigenvalue weighted by atomic mass is 10.2. The molecule has 7 heteroatoms. The third kappa shape index (κ3) is 4.05. The van der Waals surface area contributed by atoms with Gasteiger partial charge in [-0.3, -0.25) is 0 Å². The number of furan rings is 1. The average Bonchev–Trinajstić information content (AvgIpc) is 2.92. The first kappa shape index (κ1) is 15.5. The Morgan fingerprint density at radius 2 is 2.14 bits per heavy atom. The van der Waals surface area contributed by atoms with Crippen LogP contribution in [0.4, 0.5) is 10.1 Å². The molecule has 5 nitrogen and oxygen atoms in total. The van der Waals surface area contributed by atoms with Crippen molar-refractivity contribution in [2.24, 2.45) is 0 Å². The number of rotatable bonds is 6. The van der Waals surface area contributed by atoms with Crippen molar-refractivity contribution in [1.82, 2.24) is 4.72 Å². The molecular formula is C14H17FN2O3S. The first-order valence-corrected chi connectivity index (χ1v) is 7.96. The van der Waals surface area contributed by atoms with Crippen molar-refractivity contribution in [3.63, 3.8) is 0 Å².